The number of nitrogens with zero attached hydrogens (tertiary/aromatic N) is 2. The summed E-state index contributed by atoms with van der Waals surface area (Å²) < 4.78 is 85.1. The highest BCUT2D eigenvalue weighted by molar-refractivity contribution is 7.91. The number of halogens is 3. The molecule has 0 amide bonds. The molecule has 0 atom stereocenters. The van der Waals surface area contributed by atoms with Crippen LogP contribution in [0, 0.1) is 12.1 Å². The smallest absolute Gasteiger partial charge is 0.416 e. The number of sulfone groups is 1. The predicted octanol–water partition coefficient (Wildman–Crippen LogP) is 4.62. The molecule has 5 aromatic rings. The Labute approximate surface area is 236 Å². The van der Waals surface area contributed by atoms with Crippen molar-refractivity contribution >= 4 is 20.8 Å². The summed E-state index contributed by atoms with van der Waals surface area (Å²) >= 11 is 0. The molecular weight excluding hydrogens is 581 g/mol. The van der Waals surface area contributed by atoms with Crippen LogP contribution in [0.5, 0.6) is 11.6 Å². The highest BCUT2D eigenvalue weighted by atomic mass is 32.2. The van der Waals surface area contributed by atoms with Crippen LogP contribution in [0.3, 0.4) is 0 Å². The Balaban J connectivity index is 1.26. The maximum atomic E-state index is 12.9. The van der Waals surface area contributed by atoms with Crippen LogP contribution in [0.15, 0.2) is 96.6 Å². The van der Waals surface area contributed by atoms with Crippen molar-refractivity contribution in [2.45, 2.75) is 29.4 Å². The van der Waals surface area contributed by atoms with Gasteiger partial charge in [-0.15, -0.1) is 0 Å². The lowest BCUT2D eigenvalue weighted by Crippen LogP contribution is -2.31. The molecule has 0 aliphatic carbocycles. The van der Waals surface area contributed by atoms with E-state index in [4.69, 9.17) is 13.9 Å². The molecule has 0 radical (unpaired) electrons. The van der Waals surface area contributed by atoms with Crippen LogP contribution in [0.25, 0.3) is 11.0 Å². The quantitative estimate of drug-likeness (QED) is 0.134. The monoisotopic (exact) mass is 602 g/mol. The van der Waals surface area contributed by atoms with Gasteiger partial charge in [-0.05, 0) is 59.4 Å². The molecule has 10 nitrogen and oxygen atoms in total. The molecule has 3 aromatic carbocycles. The van der Waals surface area contributed by atoms with Crippen LogP contribution in [0.2, 0.25) is 0 Å². The van der Waals surface area contributed by atoms with E-state index in [1.54, 1.807) is 25.1 Å². The van der Waals surface area contributed by atoms with E-state index in [0.717, 1.165) is 12.1 Å². The van der Waals surface area contributed by atoms with Gasteiger partial charge in [0.1, 0.15) is 24.5 Å². The van der Waals surface area contributed by atoms with Crippen molar-refractivity contribution in [2.24, 2.45) is 0 Å². The van der Waals surface area contributed by atoms with Gasteiger partial charge in [-0.1, -0.05) is 30.3 Å². The van der Waals surface area contributed by atoms with Gasteiger partial charge < -0.3 is 19.1 Å². The Bertz CT molecular complexity index is 1900. The van der Waals surface area contributed by atoms with Crippen molar-refractivity contribution in [3.63, 3.8) is 0 Å². The summed E-state index contributed by atoms with van der Waals surface area (Å²) in [5.74, 6) is -0.224. The minimum Gasteiger partial charge on any atom is -0.490 e. The molecule has 0 unspecified atom stereocenters. The number of hydrogen-bond acceptors (Lipinski definition) is 9. The van der Waals surface area contributed by atoms with Gasteiger partial charge in [0.2, 0.25) is 0 Å². The fourth-order valence-electron chi connectivity index (χ4n) is 4.22. The van der Waals surface area contributed by atoms with Gasteiger partial charge in [-0.2, -0.15) is 13.2 Å². The second-order valence-corrected chi connectivity index (χ2v) is 10.9. The summed E-state index contributed by atoms with van der Waals surface area (Å²) in [6.07, 6.45) is -4.37. The van der Waals surface area contributed by atoms with Crippen molar-refractivity contribution in [3.8, 4) is 11.6 Å². The maximum absolute atomic E-state index is 12.9. The van der Waals surface area contributed by atoms with Crippen molar-refractivity contribution in [3.05, 3.63) is 111 Å². The fraction of sp³-hybridized carbons (Fsp3) is 0.179. The molecule has 42 heavy (non-hydrogen) atoms. The topological polar surface area (TPSA) is 136 Å². The zero-order valence-electron chi connectivity index (χ0n) is 21.8. The third kappa shape index (κ3) is 5.79. The number of alkyl halides is 3. The zero-order chi connectivity index (χ0) is 30.1. The van der Waals surface area contributed by atoms with Crippen molar-refractivity contribution in [1.29, 1.82) is 0 Å². The highest BCUT2D eigenvalue weighted by Gasteiger charge is 2.35. The van der Waals surface area contributed by atoms with Gasteiger partial charge in [0.25, 0.3) is 9.84 Å². The van der Waals surface area contributed by atoms with Gasteiger partial charge in [-0.25, -0.2) is 13.2 Å². The van der Waals surface area contributed by atoms with E-state index in [2.05, 4.69) is 9.79 Å². The number of hydrogen-bond donors (Lipinski definition) is 0. The SMILES string of the molecule is Cc1c(Cc2ccc(C(F)(F)F)cc2)c(=O)oc2cc(OCCOc3no[n+]([O-])c3S(=O)(=O)c3ccccc3)ccc12. The molecule has 0 N–H and O–H groups in total. The minimum atomic E-state index is -4.45. The lowest BCUT2D eigenvalue weighted by molar-refractivity contribution is -0.832. The second-order valence-electron chi connectivity index (χ2n) is 9.08. The first kappa shape index (κ1) is 28.7. The molecule has 218 valence electrons. The van der Waals surface area contributed by atoms with Crippen LogP contribution < -0.4 is 20.0 Å². The Kier molecular flexibility index (Phi) is 7.65. The molecule has 14 heteroatoms. The van der Waals surface area contributed by atoms with E-state index in [1.807, 2.05) is 0 Å². The van der Waals surface area contributed by atoms with Gasteiger partial charge in [0.15, 0.2) is 0 Å². The molecule has 0 aliphatic rings. The molecule has 0 saturated carbocycles. The number of ether oxygens (including phenoxy) is 2. The van der Waals surface area contributed by atoms with Gasteiger partial charge in [0.05, 0.1) is 15.6 Å². The lowest BCUT2D eigenvalue weighted by Gasteiger charge is -2.11. The van der Waals surface area contributed by atoms with Crippen LogP contribution in [0.1, 0.15) is 22.3 Å². The van der Waals surface area contributed by atoms with Crippen molar-refractivity contribution in [2.75, 3.05) is 13.2 Å². The fourth-order valence-corrected chi connectivity index (χ4v) is 5.52. The summed E-state index contributed by atoms with van der Waals surface area (Å²) in [7, 11) is -4.27. The Hall–Kier alpha value is -4.85. The lowest BCUT2D eigenvalue weighted by atomic mass is 9.99. The molecule has 5 rings (SSSR count). The van der Waals surface area contributed by atoms with E-state index in [-0.39, 0.29) is 35.0 Å². The highest BCUT2D eigenvalue weighted by Crippen LogP contribution is 2.30. The normalized spacial score (nSPS) is 12.0. The van der Waals surface area contributed by atoms with E-state index >= 15 is 0 Å². The number of aromatic nitrogens is 2. The summed E-state index contributed by atoms with van der Waals surface area (Å²) in [5.41, 5.74) is 0.261. The Morgan fingerprint density at radius 2 is 1.67 bits per heavy atom. The maximum Gasteiger partial charge on any atom is 0.416 e. The Morgan fingerprint density at radius 3 is 2.36 bits per heavy atom. The molecular formula is C28H21F3N2O8S. The standard InChI is InChI=1S/C28H21F3N2O8S/c1-17-22-12-11-20(16-24(22)40-27(34)23(17)15-18-7-9-19(10-8-18)28(29,30)31)38-13-14-39-25-26(33(35)41-32-25)42(36,37)21-5-3-2-4-6-21/h2-12,16H,13-15H2,1H3. The third-order valence-electron chi connectivity index (χ3n) is 6.37. The largest absolute Gasteiger partial charge is 0.490 e. The van der Waals surface area contributed by atoms with E-state index in [9.17, 15) is 31.6 Å². The van der Waals surface area contributed by atoms with E-state index in [1.165, 1.54) is 42.5 Å². The van der Waals surface area contributed by atoms with Gasteiger partial charge in [-0.3, -0.25) is 4.63 Å². The van der Waals surface area contributed by atoms with Crippen LogP contribution in [-0.2, 0) is 22.4 Å². The van der Waals surface area contributed by atoms with Crippen LogP contribution in [0.4, 0.5) is 13.2 Å². The number of benzene rings is 3. The number of rotatable bonds is 9. The van der Waals surface area contributed by atoms with E-state index < -0.39 is 38.1 Å². The molecule has 2 heterocycles. The third-order valence-corrected chi connectivity index (χ3v) is 8.09. The summed E-state index contributed by atoms with van der Waals surface area (Å²) in [5, 5.41) is 15.2. The van der Waals surface area contributed by atoms with Crippen molar-refractivity contribution in [1.82, 2.24) is 5.16 Å². The molecule has 0 bridgehead atoms. The molecule has 0 fully saturated rings. The van der Waals surface area contributed by atoms with E-state index in [0.29, 0.717) is 27.8 Å². The first-order valence-electron chi connectivity index (χ1n) is 12.3. The molecule has 2 aromatic heterocycles. The van der Waals surface area contributed by atoms with Gasteiger partial charge >= 0.3 is 22.7 Å². The summed E-state index contributed by atoms with van der Waals surface area (Å²) in [4.78, 5) is 12.3. The first-order valence-corrected chi connectivity index (χ1v) is 13.8. The Morgan fingerprint density at radius 1 is 0.976 bits per heavy atom. The average Bonchev–Trinajstić information content (AvgIpc) is 3.34. The molecule has 0 aliphatic heterocycles. The summed E-state index contributed by atoms with van der Waals surface area (Å²) in [6, 6.07) is 16.6. The minimum absolute atomic E-state index is 0.0885. The first-order chi connectivity index (χ1) is 19.9. The number of fused-ring (bicyclic) bond motifs is 1. The van der Waals surface area contributed by atoms with Gasteiger partial charge in [0, 0.05) is 23.4 Å². The zero-order valence-corrected chi connectivity index (χ0v) is 22.6. The summed E-state index contributed by atoms with van der Waals surface area (Å²) in [6.45, 7) is 1.41. The predicted molar refractivity (Wildman–Crippen MR) is 140 cm³/mol. The molecule has 0 saturated heterocycles. The van der Waals surface area contributed by atoms with Crippen molar-refractivity contribution < 1.29 is 45.0 Å². The average molecular weight is 603 g/mol. The number of aryl methyl sites for hydroxylation is 1. The second kappa shape index (κ2) is 11.2. The molecule has 0 spiro atoms. The van der Waals surface area contributed by atoms with Crippen LogP contribution in [-0.4, -0.2) is 26.8 Å². The van der Waals surface area contributed by atoms with Crippen LogP contribution >= 0.6 is 0 Å².